The Balaban J connectivity index is 2.02. The monoisotopic (exact) mass is 285 g/mol. The molecule has 3 rings (SSSR count). The average molecular weight is 286 g/mol. The Kier molecular flexibility index (Phi) is 3.15. The van der Waals surface area contributed by atoms with E-state index in [-0.39, 0.29) is 0 Å². The van der Waals surface area contributed by atoms with Crippen LogP contribution >= 0.6 is 35.6 Å². The lowest BCUT2D eigenvalue weighted by atomic mass is 10.2. The third-order valence-electron chi connectivity index (χ3n) is 2.99. The van der Waals surface area contributed by atoms with Crippen molar-refractivity contribution in [2.75, 3.05) is 5.75 Å². The summed E-state index contributed by atoms with van der Waals surface area (Å²) in [6.07, 6.45) is 4.25. The van der Waals surface area contributed by atoms with E-state index in [9.17, 15) is 0 Å². The molecular formula is C11H12ClN3S2. The average Bonchev–Trinajstić information content (AvgIpc) is 2.88. The van der Waals surface area contributed by atoms with E-state index in [0.717, 1.165) is 22.5 Å². The van der Waals surface area contributed by atoms with Crippen LogP contribution in [0.2, 0.25) is 5.02 Å². The van der Waals surface area contributed by atoms with Crippen molar-refractivity contribution < 1.29 is 0 Å². The summed E-state index contributed by atoms with van der Waals surface area (Å²) in [6, 6.07) is 1.87. The fourth-order valence-corrected chi connectivity index (χ4v) is 3.86. The molecule has 0 aliphatic carbocycles. The number of rotatable bonds is 2. The molecule has 17 heavy (non-hydrogen) atoms. The van der Waals surface area contributed by atoms with Crippen molar-refractivity contribution in [2.24, 2.45) is 0 Å². The van der Waals surface area contributed by atoms with Crippen LogP contribution in [0.15, 0.2) is 12.3 Å². The van der Waals surface area contributed by atoms with Gasteiger partial charge in [-0.1, -0.05) is 11.6 Å². The summed E-state index contributed by atoms with van der Waals surface area (Å²) in [7, 11) is 0. The molecule has 90 valence electrons. The Morgan fingerprint density at radius 2 is 2.53 bits per heavy atom. The standard InChI is InChI=1S/C11H12ClN3S2/c12-7-4-9-10(13-5-7)15(11(16)14-9)6-8-2-1-3-17-8/h4-5,8H,1-3,6H2,(H,14,16). The minimum atomic E-state index is 0.635. The second kappa shape index (κ2) is 4.63. The van der Waals surface area contributed by atoms with Gasteiger partial charge in [0.1, 0.15) is 0 Å². The van der Waals surface area contributed by atoms with Crippen LogP contribution in [0.25, 0.3) is 11.2 Å². The normalized spacial score (nSPS) is 20.2. The number of thioether (sulfide) groups is 1. The molecule has 3 nitrogen and oxygen atoms in total. The topological polar surface area (TPSA) is 33.6 Å². The summed E-state index contributed by atoms with van der Waals surface area (Å²) in [5.41, 5.74) is 1.83. The van der Waals surface area contributed by atoms with Gasteiger partial charge in [0, 0.05) is 18.0 Å². The number of imidazole rings is 1. The Bertz CT molecular complexity index is 598. The number of H-pyrrole nitrogens is 1. The van der Waals surface area contributed by atoms with Crippen LogP contribution in [-0.2, 0) is 6.54 Å². The molecule has 1 N–H and O–H groups in total. The van der Waals surface area contributed by atoms with Crippen LogP contribution < -0.4 is 0 Å². The Morgan fingerprint density at radius 3 is 3.29 bits per heavy atom. The lowest BCUT2D eigenvalue weighted by Crippen LogP contribution is -2.10. The number of fused-ring (bicyclic) bond motifs is 1. The van der Waals surface area contributed by atoms with Gasteiger partial charge < -0.3 is 9.55 Å². The maximum atomic E-state index is 5.92. The van der Waals surface area contributed by atoms with E-state index in [1.165, 1.54) is 18.6 Å². The number of hydrogen-bond acceptors (Lipinski definition) is 3. The van der Waals surface area contributed by atoms with E-state index in [0.29, 0.717) is 10.3 Å². The Morgan fingerprint density at radius 1 is 1.65 bits per heavy atom. The number of pyridine rings is 1. The molecule has 1 aliphatic heterocycles. The summed E-state index contributed by atoms with van der Waals surface area (Å²) < 4.78 is 2.83. The quantitative estimate of drug-likeness (QED) is 0.855. The second-order valence-corrected chi connectivity index (χ2v) is 6.43. The molecule has 0 spiro atoms. The Labute approximate surface area is 114 Å². The van der Waals surface area contributed by atoms with Crippen molar-refractivity contribution in [3.63, 3.8) is 0 Å². The van der Waals surface area contributed by atoms with Crippen molar-refractivity contribution in [1.29, 1.82) is 0 Å². The van der Waals surface area contributed by atoms with Crippen LogP contribution in [0, 0.1) is 4.77 Å². The minimum Gasteiger partial charge on any atom is -0.329 e. The highest BCUT2D eigenvalue weighted by atomic mass is 35.5. The van der Waals surface area contributed by atoms with Crippen molar-refractivity contribution in [1.82, 2.24) is 14.5 Å². The van der Waals surface area contributed by atoms with E-state index in [1.807, 2.05) is 17.8 Å². The van der Waals surface area contributed by atoms with Crippen LogP contribution in [0.5, 0.6) is 0 Å². The number of nitrogens with one attached hydrogen (secondary N) is 1. The largest absolute Gasteiger partial charge is 0.329 e. The van der Waals surface area contributed by atoms with Gasteiger partial charge in [-0.15, -0.1) is 0 Å². The fraction of sp³-hybridized carbons (Fsp3) is 0.455. The van der Waals surface area contributed by atoms with Gasteiger partial charge >= 0.3 is 0 Å². The number of aromatic amines is 1. The van der Waals surface area contributed by atoms with Crippen LogP contribution in [0.4, 0.5) is 0 Å². The van der Waals surface area contributed by atoms with E-state index in [1.54, 1.807) is 6.20 Å². The van der Waals surface area contributed by atoms with Gasteiger partial charge in [-0.3, -0.25) is 0 Å². The molecule has 1 atom stereocenters. The fourth-order valence-electron chi connectivity index (χ4n) is 2.18. The van der Waals surface area contributed by atoms with Crippen molar-refractivity contribution in [3.8, 4) is 0 Å². The smallest absolute Gasteiger partial charge is 0.179 e. The molecule has 1 unspecified atom stereocenters. The first-order chi connectivity index (χ1) is 8.24. The van der Waals surface area contributed by atoms with E-state index in [2.05, 4.69) is 14.5 Å². The van der Waals surface area contributed by atoms with E-state index >= 15 is 0 Å². The zero-order chi connectivity index (χ0) is 11.8. The first kappa shape index (κ1) is 11.6. The summed E-state index contributed by atoms with van der Waals surface area (Å²) in [6.45, 7) is 0.943. The molecule has 2 aromatic rings. The highest BCUT2D eigenvalue weighted by molar-refractivity contribution is 8.00. The molecule has 0 saturated carbocycles. The lowest BCUT2D eigenvalue weighted by molar-refractivity contribution is 0.642. The molecule has 6 heteroatoms. The summed E-state index contributed by atoms with van der Waals surface area (Å²) in [4.78, 5) is 7.53. The molecule has 0 amide bonds. The predicted octanol–water partition coefficient (Wildman–Crippen LogP) is 3.64. The third kappa shape index (κ3) is 2.23. The van der Waals surface area contributed by atoms with Crippen molar-refractivity contribution >= 4 is 46.7 Å². The first-order valence-electron chi connectivity index (χ1n) is 5.60. The molecule has 2 aromatic heterocycles. The van der Waals surface area contributed by atoms with Gasteiger partial charge in [0.25, 0.3) is 0 Å². The summed E-state index contributed by atoms with van der Waals surface area (Å²) >= 11 is 13.3. The summed E-state index contributed by atoms with van der Waals surface area (Å²) in [5, 5.41) is 1.30. The van der Waals surface area contributed by atoms with Crippen molar-refractivity contribution in [3.05, 3.63) is 22.1 Å². The highest BCUT2D eigenvalue weighted by Crippen LogP contribution is 2.28. The van der Waals surface area contributed by atoms with Crippen LogP contribution in [-0.4, -0.2) is 25.5 Å². The first-order valence-corrected chi connectivity index (χ1v) is 7.43. The zero-order valence-electron chi connectivity index (χ0n) is 9.15. The van der Waals surface area contributed by atoms with Gasteiger partial charge in [-0.2, -0.15) is 11.8 Å². The van der Waals surface area contributed by atoms with Gasteiger partial charge in [-0.25, -0.2) is 4.98 Å². The molecule has 0 radical (unpaired) electrons. The SMILES string of the molecule is S=c1[nH]c2cc(Cl)cnc2n1CC1CCCS1. The molecule has 1 aliphatic rings. The molecule has 1 saturated heterocycles. The van der Waals surface area contributed by atoms with Crippen molar-refractivity contribution in [2.45, 2.75) is 24.6 Å². The second-order valence-electron chi connectivity index (χ2n) is 4.20. The predicted molar refractivity (Wildman–Crippen MR) is 75.4 cm³/mol. The minimum absolute atomic E-state index is 0.635. The van der Waals surface area contributed by atoms with Crippen LogP contribution in [0.1, 0.15) is 12.8 Å². The summed E-state index contributed by atoms with van der Waals surface area (Å²) in [5.74, 6) is 1.26. The maximum absolute atomic E-state index is 5.92. The molecule has 0 aromatic carbocycles. The molecule has 1 fully saturated rings. The molecular weight excluding hydrogens is 274 g/mol. The van der Waals surface area contributed by atoms with Gasteiger partial charge in [0.2, 0.25) is 0 Å². The van der Waals surface area contributed by atoms with E-state index < -0.39 is 0 Å². The van der Waals surface area contributed by atoms with Gasteiger partial charge in [0.05, 0.1) is 10.5 Å². The lowest BCUT2D eigenvalue weighted by Gasteiger charge is -2.09. The number of hydrogen-bond donors (Lipinski definition) is 1. The van der Waals surface area contributed by atoms with Gasteiger partial charge in [-0.05, 0) is 36.9 Å². The third-order valence-corrected chi connectivity index (χ3v) is 4.90. The zero-order valence-corrected chi connectivity index (χ0v) is 11.5. The molecule has 0 bridgehead atoms. The highest BCUT2D eigenvalue weighted by Gasteiger charge is 2.18. The van der Waals surface area contributed by atoms with E-state index in [4.69, 9.17) is 23.8 Å². The maximum Gasteiger partial charge on any atom is 0.179 e. The number of aromatic nitrogens is 3. The van der Waals surface area contributed by atoms with Crippen LogP contribution in [0.3, 0.4) is 0 Å². The number of nitrogens with zero attached hydrogens (tertiary/aromatic N) is 2. The molecule has 3 heterocycles. The van der Waals surface area contributed by atoms with Gasteiger partial charge in [0.15, 0.2) is 10.4 Å². The Hall–Kier alpha value is -0.520. The number of halogens is 1.